The highest BCUT2D eigenvalue weighted by molar-refractivity contribution is 5.72. The van der Waals surface area contributed by atoms with E-state index in [2.05, 4.69) is 23.6 Å². The Morgan fingerprint density at radius 2 is 1.71 bits per heavy atom. The first kappa shape index (κ1) is 18.2. The van der Waals surface area contributed by atoms with Crippen LogP contribution in [0.3, 0.4) is 0 Å². The molecule has 1 unspecified atom stereocenters. The average molecular weight is 338 g/mol. The maximum absolute atomic E-state index is 11.9. The van der Waals surface area contributed by atoms with Gasteiger partial charge in [0.1, 0.15) is 0 Å². The Bertz CT molecular complexity index is 418. The van der Waals surface area contributed by atoms with Crippen LogP contribution in [0.5, 0.6) is 0 Å². The molecule has 0 aromatic rings. The van der Waals surface area contributed by atoms with E-state index in [1.807, 2.05) is 6.92 Å². The highest BCUT2D eigenvalue weighted by atomic mass is 16.5. The Hall–Kier alpha value is -0.650. The van der Waals surface area contributed by atoms with Crippen LogP contribution in [0.1, 0.15) is 59.3 Å². The highest BCUT2D eigenvalue weighted by Crippen LogP contribution is 2.35. The number of likely N-dealkylation sites (tertiary alicyclic amines) is 2. The van der Waals surface area contributed by atoms with Gasteiger partial charge in [-0.15, -0.1) is 0 Å². The smallest absolute Gasteiger partial charge is 0.308 e. The fourth-order valence-electron chi connectivity index (χ4n) is 4.44. The molecule has 0 radical (unpaired) electrons. The van der Waals surface area contributed by atoms with Gasteiger partial charge in [0.15, 0.2) is 6.35 Å². The second-order valence-corrected chi connectivity index (χ2v) is 8.50. The zero-order valence-electron chi connectivity index (χ0n) is 15.6. The van der Waals surface area contributed by atoms with Gasteiger partial charge in [-0.2, -0.15) is 0 Å². The van der Waals surface area contributed by atoms with Crippen LogP contribution < -0.4 is 0 Å². The summed E-state index contributed by atoms with van der Waals surface area (Å²) in [6, 6.07) is 0. The number of hydrogen-bond acceptors (Lipinski definition) is 5. The number of hydrogen-bond donors (Lipinski definition) is 0. The molecule has 3 fully saturated rings. The van der Waals surface area contributed by atoms with E-state index in [1.165, 1.54) is 12.8 Å². The molecule has 0 spiro atoms. The summed E-state index contributed by atoms with van der Waals surface area (Å²) in [7, 11) is 0. The molecule has 0 bridgehead atoms. The van der Waals surface area contributed by atoms with Crippen molar-refractivity contribution in [3.8, 4) is 0 Å². The van der Waals surface area contributed by atoms with Crippen molar-refractivity contribution in [1.29, 1.82) is 0 Å². The molecular formula is C19H34N2O3. The molecule has 0 aromatic carbocycles. The first-order valence-electron chi connectivity index (χ1n) is 9.79. The van der Waals surface area contributed by atoms with Crippen LogP contribution in [0.4, 0.5) is 0 Å². The quantitative estimate of drug-likeness (QED) is 0.697. The van der Waals surface area contributed by atoms with Crippen LogP contribution in [0.2, 0.25) is 0 Å². The van der Waals surface area contributed by atoms with E-state index >= 15 is 0 Å². The van der Waals surface area contributed by atoms with E-state index in [0.29, 0.717) is 12.0 Å². The lowest BCUT2D eigenvalue weighted by Gasteiger charge is -2.52. The molecule has 3 rings (SSSR count). The molecule has 0 amide bonds. The lowest BCUT2D eigenvalue weighted by Crippen LogP contribution is -2.63. The van der Waals surface area contributed by atoms with E-state index in [4.69, 9.17) is 9.47 Å². The van der Waals surface area contributed by atoms with Gasteiger partial charge in [0.2, 0.25) is 0 Å². The second kappa shape index (κ2) is 7.71. The molecule has 3 aliphatic rings. The Labute approximate surface area is 146 Å². The van der Waals surface area contributed by atoms with Crippen molar-refractivity contribution in [1.82, 2.24) is 9.80 Å². The van der Waals surface area contributed by atoms with Crippen LogP contribution in [-0.2, 0) is 14.3 Å². The number of carbonyl (C=O) groups excluding carboxylic acids is 1. The molecule has 138 valence electrons. The van der Waals surface area contributed by atoms with Crippen LogP contribution in [0.25, 0.3) is 0 Å². The van der Waals surface area contributed by atoms with Gasteiger partial charge in [0.25, 0.3) is 0 Å². The first-order valence-corrected chi connectivity index (χ1v) is 9.79. The first-order chi connectivity index (χ1) is 11.5. The zero-order valence-corrected chi connectivity index (χ0v) is 15.6. The SMILES string of the molecule is CCOC(=O)[C@H]1CC[C@H](OC(N2CCCC2)N2CC(C)(C)C2)CC1. The molecule has 1 atom stereocenters. The van der Waals surface area contributed by atoms with Gasteiger partial charge < -0.3 is 9.47 Å². The summed E-state index contributed by atoms with van der Waals surface area (Å²) in [5.74, 6) is 0.0644. The fraction of sp³-hybridized carbons (Fsp3) is 0.947. The third kappa shape index (κ3) is 4.30. The molecule has 5 heteroatoms. The van der Waals surface area contributed by atoms with Crippen LogP contribution in [0, 0.1) is 11.3 Å². The average Bonchev–Trinajstić information content (AvgIpc) is 3.05. The third-order valence-corrected chi connectivity index (χ3v) is 5.64. The number of carbonyl (C=O) groups is 1. The van der Waals surface area contributed by atoms with Crippen molar-refractivity contribution in [3.05, 3.63) is 0 Å². The Morgan fingerprint density at radius 3 is 2.25 bits per heavy atom. The van der Waals surface area contributed by atoms with E-state index in [-0.39, 0.29) is 24.3 Å². The molecule has 2 saturated heterocycles. The summed E-state index contributed by atoms with van der Waals surface area (Å²) in [5.41, 5.74) is 0.420. The number of ether oxygens (including phenoxy) is 2. The van der Waals surface area contributed by atoms with Gasteiger partial charge in [-0.25, -0.2) is 0 Å². The lowest BCUT2D eigenvalue weighted by atomic mass is 9.84. The van der Waals surface area contributed by atoms with Crippen molar-refractivity contribution in [2.24, 2.45) is 11.3 Å². The van der Waals surface area contributed by atoms with Crippen molar-refractivity contribution < 1.29 is 14.3 Å². The minimum absolute atomic E-state index is 0.0171. The van der Waals surface area contributed by atoms with Crippen molar-refractivity contribution >= 4 is 5.97 Å². The summed E-state index contributed by atoms with van der Waals surface area (Å²) in [6.45, 7) is 11.6. The number of nitrogens with zero attached hydrogens (tertiary/aromatic N) is 2. The molecular weight excluding hydrogens is 304 g/mol. The molecule has 24 heavy (non-hydrogen) atoms. The normalized spacial score (nSPS) is 32.3. The second-order valence-electron chi connectivity index (χ2n) is 8.50. The topological polar surface area (TPSA) is 42.0 Å². The van der Waals surface area contributed by atoms with Crippen LogP contribution in [-0.4, -0.2) is 61.0 Å². The van der Waals surface area contributed by atoms with Gasteiger partial charge in [-0.3, -0.25) is 14.6 Å². The molecule has 1 saturated carbocycles. The summed E-state index contributed by atoms with van der Waals surface area (Å²) in [4.78, 5) is 16.9. The molecule has 5 nitrogen and oxygen atoms in total. The predicted molar refractivity (Wildman–Crippen MR) is 93.4 cm³/mol. The lowest BCUT2D eigenvalue weighted by molar-refractivity contribution is -0.222. The van der Waals surface area contributed by atoms with E-state index in [0.717, 1.165) is 51.9 Å². The van der Waals surface area contributed by atoms with Crippen molar-refractivity contribution in [3.63, 3.8) is 0 Å². The molecule has 2 aliphatic heterocycles. The Kier molecular flexibility index (Phi) is 5.83. The Balaban J connectivity index is 1.51. The fourth-order valence-corrected chi connectivity index (χ4v) is 4.44. The summed E-state index contributed by atoms with van der Waals surface area (Å²) in [5, 5.41) is 0. The van der Waals surface area contributed by atoms with Gasteiger partial charge in [0.05, 0.1) is 18.6 Å². The predicted octanol–water partition coefficient (Wildman–Crippen LogP) is 2.85. The third-order valence-electron chi connectivity index (χ3n) is 5.64. The molecule has 0 N–H and O–H groups in total. The minimum atomic E-state index is -0.0171. The standard InChI is InChI=1S/C19H34N2O3/c1-4-23-17(22)15-7-9-16(10-8-15)24-18(20-11-5-6-12-20)21-13-19(2,3)14-21/h15-16,18H,4-14H2,1-3H3/t15-,16-,18?. The van der Waals surface area contributed by atoms with Gasteiger partial charge in [0, 0.05) is 26.2 Å². The van der Waals surface area contributed by atoms with E-state index < -0.39 is 0 Å². The summed E-state index contributed by atoms with van der Waals surface area (Å²) < 4.78 is 11.7. The van der Waals surface area contributed by atoms with E-state index in [1.54, 1.807) is 0 Å². The Morgan fingerprint density at radius 1 is 1.08 bits per heavy atom. The summed E-state index contributed by atoms with van der Waals surface area (Å²) in [6.07, 6.45) is 6.76. The zero-order chi connectivity index (χ0) is 17.2. The maximum atomic E-state index is 11.9. The van der Waals surface area contributed by atoms with Gasteiger partial charge in [-0.05, 0) is 50.9 Å². The van der Waals surface area contributed by atoms with Gasteiger partial charge in [-0.1, -0.05) is 13.8 Å². The van der Waals surface area contributed by atoms with Crippen molar-refractivity contribution in [2.75, 3.05) is 32.8 Å². The van der Waals surface area contributed by atoms with Crippen LogP contribution >= 0.6 is 0 Å². The number of esters is 1. The van der Waals surface area contributed by atoms with Gasteiger partial charge >= 0.3 is 5.97 Å². The van der Waals surface area contributed by atoms with E-state index in [9.17, 15) is 4.79 Å². The molecule has 2 heterocycles. The highest BCUT2D eigenvalue weighted by Gasteiger charge is 2.42. The molecule has 0 aromatic heterocycles. The molecule has 1 aliphatic carbocycles. The monoisotopic (exact) mass is 338 g/mol. The number of rotatable bonds is 6. The van der Waals surface area contributed by atoms with Crippen molar-refractivity contribution in [2.45, 2.75) is 71.8 Å². The summed E-state index contributed by atoms with van der Waals surface area (Å²) >= 11 is 0. The van der Waals surface area contributed by atoms with Crippen LogP contribution in [0.15, 0.2) is 0 Å². The maximum Gasteiger partial charge on any atom is 0.308 e. The minimum Gasteiger partial charge on any atom is -0.466 e. The largest absolute Gasteiger partial charge is 0.466 e.